The molecule has 0 spiro atoms. The smallest absolute Gasteiger partial charge is 0.326 e. The minimum absolute atomic E-state index is 0.0571. The van der Waals surface area contributed by atoms with Crippen LogP contribution in [0.25, 0.3) is 0 Å². The number of carbonyl (C=O) groups is 6. The van der Waals surface area contributed by atoms with Gasteiger partial charge in [0.1, 0.15) is 6.04 Å². The molecule has 0 saturated heterocycles. The van der Waals surface area contributed by atoms with Crippen LogP contribution >= 0.6 is 0 Å². The zero-order chi connectivity index (χ0) is 45.6. The molecule has 62 heavy (non-hydrogen) atoms. The zero-order valence-electron chi connectivity index (χ0n) is 35.6. The summed E-state index contributed by atoms with van der Waals surface area (Å²) in [7, 11) is 0. The number of aliphatic carboxylic acids is 2. The van der Waals surface area contributed by atoms with Gasteiger partial charge in [0.2, 0.25) is 17.7 Å². The number of amides is 5. The fourth-order valence-corrected chi connectivity index (χ4v) is 4.21. The lowest BCUT2D eigenvalue weighted by atomic mass is 10.1. The first-order valence-electron chi connectivity index (χ1n) is 20.3. The van der Waals surface area contributed by atoms with Gasteiger partial charge in [-0.25, -0.2) is 9.59 Å². The lowest BCUT2D eigenvalue weighted by Crippen LogP contribution is -2.43. The van der Waals surface area contributed by atoms with Gasteiger partial charge >= 0.3 is 18.0 Å². The highest BCUT2D eigenvalue weighted by molar-refractivity contribution is 5.87. The van der Waals surface area contributed by atoms with Crippen molar-refractivity contribution in [3.8, 4) is 0 Å². The molecular weight excluding hydrogens is 834 g/mol. The first kappa shape index (κ1) is 58.1. The molecule has 0 rings (SSSR count). The van der Waals surface area contributed by atoms with Gasteiger partial charge in [-0.05, 0) is 6.42 Å². The lowest BCUT2D eigenvalue weighted by Gasteiger charge is -2.13. The van der Waals surface area contributed by atoms with Gasteiger partial charge < -0.3 is 94.1 Å². The van der Waals surface area contributed by atoms with Gasteiger partial charge in [-0.1, -0.05) is 0 Å². The first-order valence-corrected chi connectivity index (χ1v) is 20.3. The number of ether oxygens (including phenoxy) is 12. The van der Waals surface area contributed by atoms with Crippen molar-refractivity contribution in [1.29, 1.82) is 0 Å². The number of urea groups is 1. The number of nitrogens with two attached hydrogens (primary N) is 1. The van der Waals surface area contributed by atoms with E-state index < -0.39 is 41.7 Å². The van der Waals surface area contributed by atoms with Crippen molar-refractivity contribution in [2.24, 2.45) is 5.73 Å². The van der Waals surface area contributed by atoms with Crippen molar-refractivity contribution in [3.05, 3.63) is 0 Å². The van der Waals surface area contributed by atoms with Crippen LogP contribution in [0.1, 0.15) is 19.3 Å². The van der Waals surface area contributed by atoms with Gasteiger partial charge in [-0.2, -0.15) is 0 Å². The van der Waals surface area contributed by atoms with Gasteiger partial charge in [-0.15, -0.1) is 0 Å². The summed E-state index contributed by atoms with van der Waals surface area (Å²) in [5, 5.41) is 27.0. The Morgan fingerprint density at radius 1 is 0.387 bits per heavy atom. The largest absolute Gasteiger partial charge is 0.481 e. The molecular formula is C37H69N5O20. The van der Waals surface area contributed by atoms with Gasteiger partial charge in [0, 0.05) is 19.4 Å². The number of hydrogen-bond donors (Lipinski definition) is 7. The summed E-state index contributed by atoms with van der Waals surface area (Å²) < 4.78 is 65.0. The summed E-state index contributed by atoms with van der Waals surface area (Å²) in [6.45, 7) is 8.97. The number of hydrogen-bond acceptors (Lipinski definition) is 18. The summed E-state index contributed by atoms with van der Waals surface area (Å²) >= 11 is 0. The maximum absolute atomic E-state index is 11.8. The average molecular weight is 904 g/mol. The Balaban J connectivity index is 3.23. The Morgan fingerprint density at radius 2 is 0.694 bits per heavy atom. The minimum atomic E-state index is -1.29. The molecule has 0 saturated carbocycles. The summed E-state index contributed by atoms with van der Waals surface area (Å²) in [6, 6.07) is -2.08. The van der Waals surface area contributed by atoms with Gasteiger partial charge in [0.05, 0.1) is 172 Å². The van der Waals surface area contributed by atoms with E-state index in [0.717, 1.165) is 0 Å². The van der Waals surface area contributed by atoms with Crippen LogP contribution < -0.4 is 27.0 Å². The number of nitrogens with one attached hydrogen (secondary N) is 4. The Kier molecular flexibility index (Phi) is 42.4. The Bertz CT molecular complexity index is 1140. The Hall–Kier alpha value is -3.86. The van der Waals surface area contributed by atoms with E-state index in [-0.39, 0.29) is 58.7 Å². The number of carboxylic acid groups (broad SMARTS) is 2. The van der Waals surface area contributed by atoms with E-state index in [9.17, 15) is 28.8 Å². The number of carbonyl (C=O) groups excluding carboxylic acids is 4. The van der Waals surface area contributed by atoms with Crippen LogP contribution in [0.15, 0.2) is 0 Å². The van der Waals surface area contributed by atoms with Gasteiger partial charge in [0.25, 0.3) is 0 Å². The predicted octanol–water partition coefficient (Wildman–Crippen LogP) is -3.09. The molecule has 0 aromatic rings. The molecule has 0 aromatic carbocycles. The van der Waals surface area contributed by atoms with Gasteiger partial charge in [-0.3, -0.25) is 19.2 Å². The van der Waals surface area contributed by atoms with Crippen molar-refractivity contribution >= 4 is 35.7 Å². The van der Waals surface area contributed by atoms with Crippen LogP contribution in [0.5, 0.6) is 0 Å². The third kappa shape index (κ3) is 45.7. The molecule has 1 atom stereocenters. The molecule has 0 fully saturated rings. The molecule has 362 valence electrons. The molecule has 5 amide bonds. The highest BCUT2D eigenvalue weighted by atomic mass is 16.6. The maximum atomic E-state index is 11.8. The highest BCUT2D eigenvalue weighted by Crippen LogP contribution is 1.99. The first-order chi connectivity index (χ1) is 30.1. The van der Waals surface area contributed by atoms with Crippen LogP contribution in [0.2, 0.25) is 0 Å². The molecule has 0 aliphatic rings. The van der Waals surface area contributed by atoms with Crippen LogP contribution in [0, 0.1) is 0 Å². The second-order valence-corrected chi connectivity index (χ2v) is 12.3. The predicted molar refractivity (Wildman–Crippen MR) is 214 cm³/mol. The third-order valence-electron chi connectivity index (χ3n) is 7.28. The fourth-order valence-electron chi connectivity index (χ4n) is 4.21. The van der Waals surface area contributed by atoms with E-state index in [0.29, 0.717) is 139 Å². The molecule has 0 aromatic heterocycles. The highest BCUT2D eigenvalue weighted by Gasteiger charge is 2.20. The van der Waals surface area contributed by atoms with Crippen molar-refractivity contribution in [2.45, 2.75) is 25.3 Å². The van der Waals surface area contributed by atoms with Crippen LogP contribution in [0.4, 0.5) is 4.79 Å². The van der Waals surface area contributed by atoms with E-state index in [1.807, 2.05) is 0 Å². The molecule has 8 N–H and O–H groups in total. The van der Waals surface area contributed by atoms with Crippen molar-refractivity contribution in [1.82, 2.24) is 21.3 Å². The monoisotopic (exact) mass is 903 g/mol. The van der Waals surface area contributed by atoms with E-state index >= 15 is 0 Å². The van der Waals surface area contributed by atoms with Crippen molar-refractivity contribution in [2.75, 3.05) is 178 Å². The summed E-state index contributed by atoms with van der Waals surface area (Å²) in [5.74, 6) is -3.89. The maximum Gasteiger partial charge on any atom is 0.326 e. The second-order valence-electron chi connectivity index (χ2n) is 12.3. The minimum Gasteiger partial charge on any atom is -0.481 e. The Labute approximate surface area is 361 Å². The molecule has 0 aliphatic heterocycles. The van der Waals surface area contributed by atoms with E-state index in [1.165, 1.54) is 0 Å². The summed E-state index contributed by atoms with van der Waals surface area (Å²) in [5.41, 5.74) is 4.86. The Morgan fingerprint density at radius 3 is 1.02 bits per heavy atom. The fraction of sp³-hybridized carbons (Fsp3) is 0.838. The summed E-state index contributed by atoms with van der Waals surface area (Å²) in [4.78, 5) is 67.0. The summed E-state index contributed by atoms with van der Waals surface area (Å²) in [6.07, 6.45) is -0.617. The molecule has 0 unspecified atom stereocenters. The molecule has 0 aliphatic carbocycles. The van der Waals surface area contributed by atoms with Crippen molar-refractivity contribution in [3.63, 3.8) is 0 Å². The third-order valence-corrected chi connectivity index (χ3v) is 7.28. The molecule has 25 heteroatoms. The van der Waals surface area contributed by atoms with E-state index in [2.05, 4.69) is 21.3 Å². The molecule has 0 heterocycles. The second kappa shape index (κ2) is 45.2. The average Bonchev–Trinajstić information content (AvgIpc) is 3.24. The van der Waals surface area contributed by atoms with E-state index in [4.69, 9.17) is 72.8 Å². The molecule has 25 nitrogen and oxygen atoms in total. The topological polar surface area (TPSA) is 328 Å². The van der Waals surface area contributed by atoms with Crippen LogP contribution in [-0.2, 0) is 80.8 Å². The molecule has 0 radical (unpaired) electrons. The van der Waals surface area contributed by atoms with Crippen molar-refractivity contribution < 1.29 is 95.8 Å². The van der Waals surface area contributed by atoms with Crippen LogP contribution in [0.3, 0.4) is 0 Å². The quantitative estimate of drug-likeness (QED) is 0.0298. The van der Waals surface area contributed by atoms with Gasteiger partial charge in [0.15, 0.2) is 0 Å². The number of primary amides is 1. The normalized spacial score (nSPS) is 11.5. The number of rotatable bonds is 48. The standard InChI is InChI=1S/C37H69N5O20/c38-37(50)41-30-34(45)40-29-33(44)39-4-6-52-8-10-54-12-14-56-16-18-58-20-22-60-24-26-62-28-27-61-25-23-59-21-19-57-17-15-55-13-11-53-9-7-51-5-3-32(43)42-31(36(48)49)1-2-35(46)47/h31H,1-30H2,(H,39,44)(H,40,45)(H,42,43)(H,46,47)(H,48,49)(H3,38,41,50)/t31-/m0/s1. The zero-order valence-corrected chi connectivity index (χ0v) is 35.6. The molecule has 0 bridgehead atoms. The lowest BCUT2D eigenvalue weighted by molar-refractivity contribution is -0.143. The van der Waals surface area contributed by atoms with E-state index in [1.54, 1.807) is 0 Å². The number of carboxylic acids is 2. The van der Waals surface area contributed by atoms with Crippen LogP contribution in [-0.4, -0.2) is 230 Å². The SMILES string of the molecule is NC(=O)NCC(=O)NCC(=O)NCCOCCOCCOCCOCCOCCOCCOCCOCCOCCOCCOCCOCCC(=O)N[C@@H](CCC(=O)O)C(=O)O.